The second kappa shape index (κ2) is 10.1. The van der Waals surface area contributed by atoms with Crippen LogP contribution in [-0.2, 0) is 16.4 Å². The fraction of sp³-hybridized carbons (Fsp3) is 0.409. The van der Waals surface area contributed by atoms with Crippen LogP contribution in [0.1, 0.15) is 22.8 Å². The number of nitrogens with zero attached hydrogens (tertiary/aromatic N) is 2. The Kier molecular flexibility index (Phi) is 7.47. The second-order valence-corrected chi connectivity index (χ2v) is 9.26. The van der Waals surface area contributed by atoms with E-state index in [1.54, 1.807) is 34.6 Å². The van der Waals surface area contributed by atoms with Crippen LogP contribution in [0.2, 0.25) is 0 Å². The molecule has 0 bridgehead atoms. The summed E-state index contributed by atoms with van der Waals surface area (Å²) < 4.78 is 32.5. The monoisotopic (exact) mass is 431 g/mol. The molecule has 2 aromatic rings. The molecule has 1 heterocycles. The number of benzene rings is 2. The molecule has 1 N–H and O–H groups in total. The number of hydrogen-bond donors (Lipinski definition) is 1. The highest BCUT2D eigenvalue weighted by Gasteiger charge is 2.27. The standard InChI is InChI=1S/C22H29N3O4S/c1-3-29-20-6-4-5-19(17-20)22(26)23-12-11-18-7-9-21(10-8-18)30(27,28)25-15-13-24(2)14-16-25/h4-10,17H,3,11-16H2,1-2H3,(H,23,26). The molecule has 0 aliphatic carbocycles. The largest absolute Gasteiger partial charge is 0.494 e. The molecule has 8 heteroatoms. The predicted molar refractivity (Wildman–Crippen MR) is 116 cm³/mol. The van der Waals surface area contributed by atoms with Crippen LogP contribution in [0.3, 0.4) is 0 Å². The van der Waals surface area contributed by atoms with Crippen molar-refractivity contribution in [3.8, 4) is 5.75 Å². The molecule has 1 amide bonds. The van der Waals surface area contributed by atoms with Crippen molar-refractivity contribution in [1.82, 2.24) is 14.5 Å². The van der Waals surface area contributed by atoms with E-state index in [1.807, 2.05) is 32.2 Å². The van der Waals surface area contributed by atoms with Crippen LogP contribution < -0.4 is 10.1 Å². The van der Waals surface area contributed by atoms with Crippen molar-refractivity contribution in [3.63, 3.8) is 0 Å². The molecule has 1 fully saturated rings. The molecular weight excluding hydrogens is 402 g/mol. The Bertz CT molecular complexity index is 953. The smallest absolute Gasteiger partial charge is 0.251 e. The van der Waals surface area contributed by atoms with Gasteiger partial charge in [0.1, 0.15) is 5.75 Å². The lowest BCUT2D eigenvalue weighted by molar-refractivity contribution is 0.0953. The van der Waals surface area contributed by atoms with Crippen molar-refractivity contribution in [2.24, 2.45) is 0 Å². The summed E-state index contributed by atoms with van der Waals surface area (Å²) in [5, 5.41) is 2.89. The molecule has 0 spiro atoms. The van der Waals surface area contributed by atoms with E-state index in [-0.39, 0.29) is 5.91 Å². The minimum Gasteiger partial charge on any atom is -0.494 e. The van der Waals surface area contributed by atoms with Gasteiger partial charge in [-0.1, -0.05) is 18.2 Å². The molecule has 2 aromatic carbocycles. The molecule has 1 aliphatic heterocycles. The minimum atomic E-state index is -3.46. The van der Waals surface area contributed by atoms with E-state index < -0.39 is 10.0 Å². The van der Waals surface area contributed by atoms with E-state index in [0.717, 1.165) is 18.7 Å². The number of rotatable bonds is 8. The Balaban J connectivity index is 1.53. The maximum Gasteiger partial charge on any atom is 0.251 e. The van der Waals surface area contributed by atoms with Gasteiger partial charge in [-0.3, -0.25) is 4.79 Å². The van der Waals surface area contributed by atoms with Crippen molar-refractivity contribution >= 4 is 15.9 Å². The zero-order valence-corrected chi connectivity index (χ0v) is 18.3. The summed E-state index contributed by atoms with van der Waals surface area (Å²) in [7, 11) is -1.46. The second-order valence-electron chi connectivity index (χ2n) is 7.32. The van der Waals surface area contributed by atoms with E-state index >= 15 is 0 Å². The molecule has 0 unspecified atom stereocenters. The predicted octanol–water partition coefficient (Wildman–Crippen LogP) is 1.99. The lowest BCUT2D eigenvalue weighted by atomic mass is 10.1. The molecule has 0 aromatic heterocycles. The fourth-order valence-electron chi connectivity index (χ4n) is 3.32. The highest BCUT2D eigenvalue weighted by atomic mass is 32.2. The number of ether oxygens (including phenoxy) is 1. The van der Waals surface area contributed by atoms with Crippen LogP contribution in [0.4, 0.5) is 0 Å². The molecule has 1 saturated heterocycles. The van der Waals surface area contributed by atoms with Gasteiger partial charge in [-0.2, -0.15) is 4.31 Å². The van der Waals surface area contributed by atoms with Crippen molar-refractivity contribution in [2.45, 2.75) is 18.2 Å². The first kappa shape index (κ1) is 22.3. The Morgan fingerprint density at radius 1 is 1.07 bits per heavy atom. The minimum absolute atomic E-state index is 0.161. The highest BCUT2D eigenvalue weighted by Crippen LogP contribution is 2.18. The summed E-state index contributed by atoms with van der Waals surface area (Å²) >= 11 is 0. The Morgan fingerprint density at radius 3 is 2.43 bits per heavy atom. The number of carbonyl (C=O) groups is 1. The molecular formula is C22H29N3O4S. The van der Waals surface area contributed by atoms with Crippen LogP contribution in [0.15, 0.2) is 53.4 Å². The summed E-state index contributed by atoms with van der Waals surface area (Å²) in [6, 6.07) is 14.0. The normalized spacial score (nSPS) is 15.7. The van der Waals surface area contributed by atoms with Crippen molar-refractivity contribution in [3.05, 3.63) is 59.7 Å². The third-order valence-corrected chi connectivity index (χ3v) is 7.04. The lowest BCUT2D eigenvalue weighted by Crippen LogP contribution is -2.46. The van der Waals surface area contributed by atoms with Gasteiger partial charge in [-0.05, 0) is 56.3 Å². The first-order valence-electron chi connectivity index (χ1n) is 10.2. The molecule has 0 atom stereocenters. The zero-order valence-electron chi connectivity index (χ0n) is 17.5. The van der Waals surface area contributed by atoms with E-state index in [0.29, 0.717) is 48.9 Å². The molecule has 7 nitrogen and oxygen atoms in total. The molecule has 3 rings (SSSR count). The molecule has 0 saturated carbocycles. The van der Waals surface area contributed by atoms with Gasteiger partial charge in [0.25, 0.3) is 5.91 Å². The van der Waals surface area contributed by atoms with E-state index in [4.69, 9.17) is 4.74 Å². The van der Waals surface area contributed by atoms with Crippen LogP contribution >= 0.6 is 0 Å². The zero-order chi connectivity index (χ0) is 21.6. The number of carbonyl (C=O) groups excluding carboxylic acids is 1. The average Bonchev–Trinajstić information content (AvgIpc) is 2.75. The van der Waals surface area contributed by atoms with Crippen molar-refractivity contribution in [1.29, 1.82) is 0 Å². The molecule has 30 heavy (non-hydrogen) atoms. The average molecular weight is 432 g/mol. The molecule has 0 radical (unpaired) electrons. The van der Waals surface area contributed by atoms with Crippen LogP contribution in [0, 0.1) is 0 Å². The highest BCUT2D eigenvalue weighted by molar-refractivity contribution is 7.89. The number of likely N-dealkylation sites (N-methyl/N-ethyl adjacent to an activating group) is 1. The maximum absolute atomic E-state index is 12.8. The van der Waals surface area contributed by atoms with Crippen LogP contribution in [-0.4, -0.2) is 69.9 Å². The Labute approximate surface area is 178 Å². The van der Waals surface area contributed by atoms with Crippen molar-refractivity contribution < 1.29 is 17.9 Å². The van der Waals surface area contributed by atoms with E-state index in [1.165, 1.54) is 0 Å². The van der Waals surface area contributed by atoms with Gasteiger partial charge in [0.05, 0.1) is 11.5 Å². The van der Waals surface area contributed by atoms with Gasteiger partial charge < -0.3 is 15.0 Å². The van der Waals surface area contributed by atoms with Crippen LogP contribution in [0.25, 0.3) is 0 Å². The number of amides is 1. The third-order valence-electron chi connectivity index (χ3n) is 5.13. The third kappa shape index (κ3) is 5.59. The van der Waals surface area contributed by atoms with E-state index in [9.17, 15) is 13.2 Å². The Morgan fingerprint density at radius 2 is 1.77 bits per heavy atom. The van der Waals surface area contributed by atoms with Gasteiger partial charge in [-0.25, -0.2) is 8.42 Å². The van der Waals surface area contributed by atoms with Gasteiger partial charge in [0.2, 0.25) is 10.0 Å². The van der Waals surface area contributed by atoms with Gasteiger partial charge in [0, 0.05) is 38.3 Å². The van der Waals surface area contributed by atoms with Gasteiger partial charge >= 0.3 is 0 Å². The summed E-state index contributed by atoms with van der Waals surface area (Å²) in [4.78, 5) is 14.8. The Hall–Kier alpha value is -2.42. The lowest BCUT2D eigenvalue weighted by Gasteiger charge is -2.31. The van der Waals surface area contributed by atoms with Crippen LogP contribution in [0.5, 0.6) is 5.75 Å². The SMILES string of the molecule is CCOc1cccc(C(=O)NCCc2ccc(S(=O)(=O)N3CCN(C)CC3)cc2)c1. The first-order chi connectivity index (χ1) is 14.4. The summed E-state index contributed by atoms with van der Waals surface area (Å²) in [6.07, 6.45) is 0.617. The fourth-order valence-corrected chi connectivity index (χ4v) is 4.74. The summed E-state index contributed by atoms with van der Waals surface area (Å²) in [5.41, 5.74) is 1.52. The van der Waals surface area contributed by atoms with Gasteiger partial charge in [-0.15, -0.1) is 0 Å². The summed E-state index contributed by atoms with van der Waals surface area (Å²) in [6.45, 7) is 5.41. The van der Waals surface area contributed by atoms with E-state index in [2.05, 4.69) is 10.2 Å². The number of nitrogens with one attached hydrogen (secondary N) is 1. The first-order valence-corrected chi connectivity index (χ1v) is 11.6. The molecule has 1 aliphatic rings. The number of sulfonamides is 1. The van der Waals surface area contributed by atoms with Crippen molar-refractivity contribution in [2.75, 3.05) is 46.4 Å². The maximum atomic E-state index is 12.8. The summed E-state index contributed by atoms with van der Waals surface area (Å²) in [5.74, 6) is 0.508. The number of hydrogen-bond acceptors (Lipinski definition) is 5. The topological polar surface area (TPSA) is 78.9 Å². The number of piperazine rings is 1. The quantitative estimate of drug-likeness (QED) is 0.692. The van der Waals surface area contributed by atoms with Gasteiger partial charge in [0.15, 0.2) is 0 Å². The molecule has 162 valence electrons.